The number of carbonyl (C=O) groups excluding carboxylic acids is 2. The summed E-state index contributed by atoms with van der Waals surface area (Å²) in [6, 6.07) is 9.58. The summed E-state index contributed by atoms with van der Waals surface area (Å²) in [5.74, 6) is -0.111. The highest BCUT2D eigenvalue weighted by Crippen LogP contribution is 2.35. The maximum atomic E-state index is 12.6. The number of hydrogen-bond donors (Lipinski definition) is 2. The minimum atomic E-state index is -0.214. The first kappa shape index (κ1) is 18.4. The first-order valence-electron chi connectivity index (χ1n) is 8.43. The summed E-state index contributed by atoms with van der Waals surface area (Å²) in [5, 5.41) is 6.18. The zero-order valence-electron chi connectivity index (χ0n) is 14.5. The zero-order valence-corrected chi connectivity index (χ0v) is 14.5. The first-order valence-corrected chi connectivity index (χ1v) is 8.43. The van der Waals surface area contributed by atoms with E-state index in [2.05, 4.69) is 10.6 Å². The van der Waals surface area contributed by atoms with Crippen LogP contribution in [0.3, 0.4) is 0 Å². The third-order valence-electron chi connectivity index (χ3n) is 4.42. The fourth-order valence-corrected chi connectivity index (χ4v) is 3.12. The second-order valence-corrected chi connectivity index (χ2v) is 6.04. The van der Waals surface area contributed by atoms with E-state index in [0.29, 0.717) is 32.5 Å². The lowest BCUT2D eigenvalue weighted by atomic mass is 9.84. The quantitative estimate of drug-likeness (QED) is 0.695. The second-order valence-electron chi connectivity index (χ2n) is 6.04. The smallest absolute Gasteiger partial charge is 0.225 e. The monoisotopic (exact) mass is 333 g/mol. The molecule has 0 saturated carbocycles. The van der Waals surface area contributed by atoms with Crippen LogP contribution in [0.5, 0.6) is 0 Å². The third-order valence-corrected chi connectivity index (χ3v) is 4.42. The van der Waals surface area contributed by atoms with Gasteiger partial charge in [0.15, 0.2) is 0 Å². The van der Waals surface area contributed by atoms with Gasteiger partial charge in [-0.15, -0.1) is 0 Å². The molecule has 0 spiro atoms. The zero-order chi connectivity index (χ0) is 17.4. The number of amides is 2. The number of carbonyl (C=O) groups is 2. The highest BCUT2D eigenvalue weighted by atomic mass is 16.5. The molecule has 1 aliphatic rings. The van der Waals surface area contributed by atoms with E-state index in [1.165, 1.54) is 0 Å². The third kappa shape index (κ3) is 4.79. The molecule has 0 aliphatic carbocycles. The number of rotatable bonds is 8. The lowest BCUT2D eigenvalue weighted by Crippen LogP contribution is -2.47. The molecule has 2 amide bonds. The highest BCUT2D eigenvalue weighted by molar-refractivity contribution is 5.84. The largest absolute Gasteiger partial charge is 0.383 e. The Hall–Kier alpha value is -1.92. The Morgan fingerprint density at radius 1 is 1.25 bits per heavy atom. The van der Waals surface area contributed by atoms with Crippen molar-refractivity contribution in [3.8, 4) is 0 Å². The number of nitrogens with zero attached hydrogens (tertiary/aromatic N) is 1. The van der Waals surface area contributed by atoms with Crippen molar-refractivity contribution in [1.29, 1.82) is 0 Å². The van der Waals surface area contributed by atoms with Gasteiger partial charge in [0.2, 0.25) is 11.8 Å². The molecule has 132 valence electrons. The molecule has 1 aliphatic heterocycles. The lowest BCUT2D eigenvalue weighted by Gasteiger charge is -2.38. The van der Waals surface area contributed by atoms with E-state index in [4.69, 9.17) is 4.74 Å². The van der Waals surface area contributed by atoms with Crippen molar-refractivity contribution >= 4 is 11.8 Å². The Bertz CT molecular complexity index is 536. The van der Waals surface area contributed by atoms with Crippen molar-refractivity contribution in [2.75, 3.05) is 40.4 Å². The van der Waals surface area contributed by atoms with E-state index in [1.807, 2.05) is 30.3 Å². The summed E-state index contributed by atoms with van der Waals surface area (Å²) in [4.78, 5) is 26.4. The molecule has 6 heteroatoms. The van der Waals surface area contributed by atoms with Crippen LogP contribution >= 0.6 is 0 Å². The predicted octanol–water partition coefficient (Wildman–Crippen LogP) is 0.948. The molecule has 0 aromatic heterocycles. The van der Waals surface area contributed by atoms with Gasteiger partial charge in [-0.25, -0.2) is 0 Å². The van der Waals surface area contributed by atoms with E-state index in [-0.39, 0.29) is 23.8 Å². The molecule has 2 N–H and O–H groups in total. The average Bonchev–Trinajstić information content (AvgIpc) is 2.60. The molecule has 0 bridgehead atoms. The van der Waals surface area contributed by atoms with Gasteiger partial charge in [0.25, 0.3) is 0 Å². The summed E-state index contributed by atoms with van der Waals surface area (Å²) in [6.07, 6.45) is 1.01. The van der Waals surface area contributed by atoms with Gasteiger partial charge in [0.05, 0.1) is 18.6 Å². The Kier molecular flexibility index (Phi) is 7.21. The number of ether oxygens (including phenoxy) is 1. The van der Waals surface area contributed by atoms with Gasteiger partial charge < -0.3 is 20.3 Å². The maximum Gasteiger partial charge on any atom is 0.225 e. The van der Waals surface area contributed by atoms with Gasteiger partial charge in [0, 0.05) is 40.2 Å². The predicted molar refractivity (Wildman–Crippen MR) is 92.4 cm³/mol. The molecule has 1 aromatic rings. The lowest BCUT2D eigenvalue weighted by molar-refractivity contribution is -0.141. The summed E-state index contributed by atoms with van der Waals surface area (Å²) in [5.41, 5.74) is 1.01. The average molecular weight is 333 g/mol. The molecule has 1 heterocycles. The number of likely N-dealkylation sites (tertiary alicyclic amines) is 1. The van der Waals surface area contributed by atoms with Gasteiger partial charge in [-0.2, -0.15) is 0 Å². The summed E-state index contributed by atoms with van der Waals surface area (Å²) in [6.45, 7) is 2.68. The summed E-state index contributed by atoms with van der Waals surface area (Å²) in [7, 11) is 3.44. The summed E-state index contributed by atoms with van der Waals surface area (Å²) < 4.78 is 4.96. The Morgan fingerprint density at radius 2 is 2.00 bits per heavy atom. The SMILES string of the molecule is COCCNCCNC(=O)C1CCC(=O)N(C)C1c1ccccc1. The number of piperidine rings is 1. The van der Waals surface area contributed by atoms with Gasteiger partial charge >= 0.3 is 0 Å². The minimum Gasteiger partial charge on any atom is -0.383 e. The number of nitrogens with one attached hydrogen (secondary N) is 2. The molecular formula is C18H27N3O3. The first-order chi connectivity index (χ1) is 11.6. The fraction of sp³-hybridized carbons (Fsp3) is 0.556. The van der Waals surface area contributed by atoms with Crippen LogP contribution in [0.25, 0.3) is 0 Å². The minimum absolute atomic E-state index is 0.0109. The van der Waals surface area contributed by atoms with Crippen molar-refractivity contribution in [3.05, 3.63) is 35.9 Å². The molecule has 2 unspecified atom stereocenters. The number of benzene rings is 1. The molecule has 2 rings (SSSR count). The Morgan fingerprint density at radius 3 is 2.71 bits per heavy atom. The van der Waals surface area contributed by atoms with E-state index in [9.17, 15) is 9.59 Å². The Balaban J connectivity index is 1.95. The molecule has 1 aromatic carbocycles. The van der Waals surface area contributed by atoms with Crippen LogP contribution in [0.4, 0.5) is 0 Å². The summed E-state index contributed by atoms with van der Waals surface area (Å²) >= 11 is 0. The molecule has 24 heavy (non-hydrogen) atoms. The normalized spacial score (nSPS) is 20.9. The van der Waals surface area contributed by atoms with Crippen LogP contribution < -0.4 is 10.6 Å². The maximum absolute atomic E-state index is 12.6. The van der Waals surface area contributed by atoms with E-state index < -0.39 is 0 Å². The van der Waals surface area contributed by atoms with E-state index in [0.717, 1.165) is 12.1 Å². The number of methoxy groups -OCH3 is 1. The molecule has 2 atom stereocenters. The van der Waals surface area contributed by atoms with Crippen molar-refractivity contribution in [2.45, 2.75) is 18.9 Å². The fourth-order valence-electron chi connectivity index (χ4n) is 3.12. The van der Waals surface area contributed by atoms with E-state index in [1.54, 1.807) is 19.1 Å². The standard InChI is InChI=1S/C18H27N3O3/c1-21-16(22)9-8-15(17(21)14-6-4-3-5-7-14)18(23)20-11-10-19-12-13-24-2/h3-7,15,17,19H,8-13H2,1-2H3,(H,20,23). The van der Waals surface area contributed by atoms with Crippen molar-refractivity contribution < 1.29 is 14.3 Å². The molecule has 1 fully saturated rings. The topological polar surface area (TPSA) is 70.7 Å². The number of hydrogen-bond acceptors (Lipinski definition) is 4. The van der Waals surface area contributed by atoms with Crippen LogP contribution in [-0.2, 0) is 14.3 Å². The van der Waals surface area contributed by atoms with Crippen LogP contribution in [-0.4, -0.2) is 57.1 Å². The van der Waals surface area contributed by atoms with Crippen molar-refractivity contribution in [2.24, 2.45) is 5.92 Å². The van der Waals surface area contributed by atoms with Crippen LogP contribution in [0, 0.1) is 5.92 Å². The van der Waals surface area contributed by atoms with Crippen LogP contribution in [0.2, 0.25) is 0 Å². The second kappa shape index (κ2) is 9.39. The van der Waals surface area contributed by atoms with Gasteiger partial charge in [-0.3, -0.25) is 9.59 Å². The van der Waals surface area contributed by atoms with Crippen molar-refractivity contribution in [3.63, 3.8) is 0 Å². The molecule has 1 saturated heterocycles. The molecule has 0 radical (unpaired) electrons. The van der Waals surface area contributed by atoms with Gasteiger partial charge in [-0.1, -0.05) is 30.3 Å². The van der Waals surface area contributed by atoms with Crippen LogP contribution in [0.15, 0.2) is 30.3 Å². The van der Waals surface area contributed by atoms with Gasteiger partial charge in [0.1, 0.15) is 0 Å². The molecule has 6 nitrogen and oxygen atoms in total. The molecular weight excluding hydrogens is 306 g/mol. The van der Waals surface area contributed by atoms with Crippen LogP contribution in [0.1, 0.15) is 24.4 Å². The Labute approximate surface area is 143 Å². The van der Waals surface area contributed by atoms with Gasteiger partial charge in [-0.05, 0) is 12.0 Å². The highest BCUT2D eigenvalue weighted by Gasteiger charge is 2.38. The van der Waals surface area contributed by atoms with E-state index >= 15 is 0 Å². The van der Waals surface area contributed by atoms with Crippen molar-refractivity contribution in [1.82, 2.24) is 15.5 Å².